The van der Waals surface area contributed by atoms with Gasteiger partial charge in [-0.25, -0.2) is 19.4 Å². The molecule has 0 atom stereocenters. The van der Waals surface area contributed by atoms with Gasteiger partial charge in [-0.3, -0.25) is 0 Å². The van der Waals surface area contributed by atoms with Crippen LogP contribution in [0, 0.1) is 0 Å². The Morgan fingerprint density at radius 1 is 1.14 bits per heavy atom. The molecule has 2 heterocycles. The molecule has 0 fully saturated rings. The summed E-state index contributed by atoms with van der Waals surface area (Å²) in [6.07, 6.45) is 0. The van der Waals surface area contributed by atoms with Crippen LogP contribution in [-0.4, -0.2) is 53.3 Å². The second kappa shape index (κ2) is 8.08. The lowest BCUT2D eigenvalue weighted by atomic mass is 10.0. The van der Waals surface area contributed by atoms with E-state index in [4.69, 9.17) is 14.2 Å². The molecule has 0 aliphatic heterocycles. The van der Waals surface area contributed by atoms with Gasteiger partial charge in [-0.2, -0.15) is 0 Å². The summed E-state index contributed by atoms with van der Waals surface area (Å²) in [7, 11) is 1.40. The molecule has 0 aliphatic carbocycles. The summed E-state index contributed by atoms with van der Waals surface area (Å²) < 4.78 is 15.9. The lowest BCUT2D eigenvalue weighted by molar-refractivity contribution is 0.0510. The van der Waals surface area contributed by atoms with Crippen molar-refractivity contribution in [3.05, 3.63) is 33.6 Å². The number of carboxylic acids is 1. The number of nitrogens with one attached hydrogen (secondary N) is 1. The summed E-state index contributed by atoms with van der Waals surface area (Å²) in [5.41, 5.74) is 0.260. The minimum absolute atomic E-state index is 0.0305. The molecule has 3 rings (SSSR count). The first-order chi connectivity index (χ1) is 13.8. The van der Waals surface area contributed by atoms with Gasteiger partial charge in [0.25, 0.3) is 0 Å². The number of aromatic carboxylic acids is 1. The Morgan fingerprint density at radius 3 is 2.38 bits per heavy atom. The summed E-state index contributed by atoms with van der Waals surface area (Å²) in [4.78, 5) is 43.5. The topological polar surface area (TPSA) is 128 Å². The van der Waals surface area contributed by atoms with E-state index in [0.29, 0.717) is 9.86 Å². The number of H-pyrrole nitrogens is 1. The van der Waals surface area contributed by atoms with Crippen molar-refractivity contribution in [2.24, 2.45) is 0 Å². The Labute approximate surface area is 173 Å². The number of benzene rings is 1. The highest BCUT2D eigenvalue weighted by atomic mass is 79.9. The number of fused-ring (bicyclic) bond motifs is 3. The highest BCUT2D eigenvalue weighted by molar-refractivity contribution is 9.10. The molecule has 0 bridgehead atoms. The monoisotopic (exact) mass is 464 g/mol. The van der Waals surface area contributed by atoms with Crippen molar-refractivity contribution < 1.29 is 33.7 Å². The van der Waals surface area contributed by atoms with E-state index in [1.165, 1.54) is 19.2 Å². The Kier molecular flexibility index (Phi) is 5.73. The lowest BCUT2D eigenvalue weighted by Crippen LogP contribution is -2.11. The number of pyridine rings is 1. The third kappa shape index (κ3) is 3.51. The number of carbonyl (C=O) groups is 3. The SMILES string of the molecule is CCOC(=O)c1cc2c(Br)c(OC)c3[nH]c(C(=O)OCC)cc(C(=O)O)c3c2n1. The molecule has 152 valence electrons. The molecule has 1 aromatic carbocycles. The highest BCUT2D eigenvalue weighted by Gasteiger charge is 2.25. The first-order valence-electron chi connectivity index (χ1n) is 8.64. The van der Waals surface area contributed by atoms with Crippen LogP contribution in [-0.2, 0) is 9.47 Å². The number of methoxy groups -OCH3 is 1. The van der Waals surface area contributed by atoms with Gasteiger partial charge < -0.3 is 24.3 Å². The van der Waals surface area contributed by atoms with Gasteiger partial charge in [0.1, 0.15) is 11.4 Å². The molecule has 0 saturated heterocycles. The van der Waals surface area contributed by atoms with E-state index in [2.05, 4.69) is 25.9 Å². The molecule has 9 nitrogen and oxygen atoms in total. The van der Waals surface area contributed by atoms with Gasteiger partial charge in [0.05, 0.1) is 41.4 Å². The van der Waals surface area contributed by atoms with Crippen molar-refractivity contribution in [2.45, 2.75) is 13.8 Å². The van der Waals surface area contributed by atoms with Gasteiger partial charge in [0.15, 0.2) is 5.75 Å². The van der Waals surface area contributed by atoms with Gasteiger partial charge in [-0.15, -0.1) is 0 Å². The predicted octanol–water partition coefficient (Wildman–Crippen LogP) is 3.54. The minimum atomic E-state index is -1.28. The van der Waals surface area contributed by atoms with Crippen LogP contribution in [0.5, 0.6) is 5.75 Å². The van der Waals surface area contributed by atoms with Crippen LogP contribution in [0.15, 0.2) is 16.6 Å². The minimum Gasteiger partial charge on any atom is -0.493 e. The van der Waals surface area contributed by atoms with Crippen LogP contribution in [0.25, 0.3) is 21.8 Å². The maximum absolute atomic E-state index is 12.2. The van der Waals surface area contributed by atoms with Crippen molar-refractivity contribution in [2.75, 3.05) is 20.3 Å². The Balaban J connectivity index is 2.45. The fourth-order valence-electron chi connectivity index (χ4n) is 3.00. The number of rotatable bonds is 6. The first kappa shape index (κ1) is 20.6. The van der Waals surface area contributed by atoms with Gasteiger partial charge >= 0.3 is 17.9 Å². The molecule has 0 amide bonds. The first-order valence-corrected chi connectivity index (χ1v) is 9.43. The Hall–Kier alpha value is -3.14. The second-order valence-electron chi connectivity index (χ2n) is 5.84. The van der Waals surface area contributed by atoms with Crippen molar-refractivity contribution >= 4 is 55.6 Å². The van der Waals surface area contributed by atoms with E-state index in [0.717, 1.165) is 0 Å². The molecule has 0 unspecified atom stereocenters. The number of aromatic nitrogens is 2. The summed E-state index contributed by atoms with van der Waals surface area (Å²) in [6.45, 7) is 3.61. The molecule has 0 radical (unpaired) electrons. The average Bonchev–Trinajstić information content (AvgIpc) is 3.13. The number of carbonyl (C=O) groups excluding carboxylic acids is 2. The number of hydrogen-bond acceptors (Lipinski definition) is 7. The molecular weight excluding hydrogens is 448 g/mol. The molecule has 2 N–H and O–H groups in total. The third-order valence-electron chi connectivity index (χ3n) is 4.15. The quantitative estimate of drug-likeness (QED) is 0.530. The second-order valence-corrected chi connectivity index (χ2v) is 6.64. The number of halogens is 1. The molecule has 2 aromatic heterocycles. The van der Waals surface area contributed by atoms with E-state index in [1.807, 2.05) is 0 Å². The standard InChI is InChI=1S/C19H17BrN2O7/c1-4-28-18(25)10-6-8(17(23)24)12-14-9(7-11(21-14)19(26)29-5-2)13(20)16(27-3)15(12)22-10/h6-7,22H,4-5H2,1-3H3,(H,23,24). The van der Waals surface area contributed by atoms with Gasteiger partial charge in [-0.05, 0) is 41.9 Å². The van der Waals surface area contributed by atoms with E-state index in [9.17, 15) is 19.5 Å². The Bertz CT molecular complexity index is 1150. The summed E-state index contributed by atoms with van der Waals surface area (Å²) >= 11 is 3.42. The zero-order valence-corrected chi connectivity index (χ0v) is 17.4. The highest BCUT2D eigenvalue weighted by Crippen LogP contribution is 2.42. The van der Waals surface area contributed by atoms with E-state index in [-0.39, 0.29) is 52.3 Å². The molecule has 10 heteroatoms. The zero-order valence-electron chi connectivity index (χ0n) is 15.8. The summed E-state index contributed by atoms with van der Waals surface area (Å²) in [5.74, 6) is -2.37. The fraction of sp³-hybridized carbons (Fsp3) is 0.263. The van der Waals surface area contributed by atoms with Gasteiger partial charge in [0.2, 0.25) is 0 Å². The van der Waals surface area contributed by atoms with Gasteiger partial charge in [-0.1, -0.05) is 0 Å². The van der Waals surface area contributed by atoms with Crippen molar-refractivity contribution in [1.82, 2.24) is 9.97 Å². The van der Waals surface area contributed by atoms with Crippen LogP contribution in [0.3, 0.4) is 0 Å². The van der Waals surface area contributed by atoms with Gasteiger partial charge in [0, 0.05) is 10.8 Å². The number of ether oxygens (including phenoxy) is 3. The zero-order chi connectivity index (χ0) is 21.3. The number of aromatic amines is 1. The van der Waals surface area contributed by atoms with Crippen LogP contribution >= 0.6 is 15.9 Å². The van der Waals surface area contributed by atoms with Crippen LogP contribution in [0.2, 0.25) is 0 Å². The summed E-state index contributed by atoms with van der Waals surface area (Å²) in [5, 5.41) is 10.4. The Morgan fingerprint density at radius 2 is 1.79 bits per heavy atom. The van der Waals surface area contributed by atoms with Crippen molar-refractivity contribution in [3.63, 3.8) is 0 Å². The number of esters is 2. The molecule has 29 heavy (non-hydrogen) atoms. The summed E-state index contributed by atoms with van der Waals surface area (Å²) in [6, 6.07) is 2.67. The molecule has 0 spiro atoms. The van der Waals surface area contributed by atoms with E-state index < -0.39 is 17.9 Å². The van der Waals surface area contributed by atoms with Crippen LogP contribution in [0.1, 0.15) is 45.2 Å². The van der Waals surface area contributed by atoms with Crippen LogP contribution < -0.4 is 4.74 Å². The van der Waals surface area contributed by atoms with E-state index in [1.54, 1.807) is 13.8 Å². The average molecular weight is 465 g/mol. The number of hydrogen-bond donors (Lipinski definition) is 2. The largest absolute Gasteiger partial charge is 0.493 e. The van der Waals surface area contributed by atoms with Crippen molar-refractivity contribution in [1.29, 1.82) is 0 Å². The molecular formula is C19H17BrN2O7. The predicted molar refractivity (Wildman–Crippen MR) is 107 cm³/mol. The number of nitrogens with zero attached hydrogens (tertiary/aromatic N) is 1. The van der Waals surface area contributed by atoms with Crippen molar-refractivity contribution in [3.8, 4) is 5.75 Å². The molecule has 0 saturated carbocycles. The molecule has 3 aromatic rings. The molecule has 0 aliphatic rings. The van der Waals surface area contributed by atoms with E-state index >= 15 is 0 Å². The van der Waals surface area contributed by atoms with Crippen LogP contribution in [0.4, 0.5) is 0 Å². The smallest absolute Gasteiger partial charge is 0.356 e. The lowest BCUT2D eigenvalue weighted by Gasteiger charge is -2.13. The normalized spacial score (nSPS) is 10.9. The fourth-order valence-corrected chi connectivity index (χ4v) is 3.66. The third-order valence-corrected chi connectivity index (χ3v) is 4.94. The maximum atomic E-state index is 12.2. The maximum Gasteiger partial charge on any atom is 0.356 e. The number of carboxylic acid groups (broad SMARTS) is 1.